The summed E-state index contributed by atoms with van der Waals surface area (Å²) in [6.45, 7) is 8.98. The summed E-state index contributed by atoms with van der Waals surface area (Å²) in [5.41, 5.74) is 8.32. The van der Waals surface area contributed by atoms with Gasteiger partial charge < -0.3 is 9.05 Å². The molecule has 5 nitrogen and oxygen atoms in total. The smallest absolute Gasteiger partial charge is 0.309 e. The van der Waals surface area contributed by atoms with Gasteiger partial charge in [-0.1, -0.05) is 50.2 Å². The molecule has 0 amide bonds. The van der Waals surface area contributed by atoms with Crippen LogP contribution in [0.1, 0.15) is 63.7 Å². The Balaban J connectivity index is 0.000000213. The molecule has 0 bridgehead atoms. The van der Waals surface area contributed by atoms with Gasteiger partial charge in [0.25, 0.3) is 0 Å². The molecule has 5 aromatic rings. The van der Waals surface area contributed by atoms with E-state index in [-0.39, 0.29) is 5.41 Å². The van der Waals surface area contributed by atoms with Gasteiger partial charge in [-0.25, -0.2) is 0 Å². The molecular formula is C36H34IO5PS2. The Morgan fingerprint density at radius 2 is 1.18 bits per heavy atom. The average molecular weight is 769 g/mol. The molecule has 2 aromatic heterocycles. The van der Waals surface area contributed by atoms with E-state index in [1.807, 2.05) is 62.4 Å². The Bertz CT molecular complexity index is 1760. The molecule has 0 N–H and O–H groups in total. The Hall–Kier alpha value is -2.72. The zero-order valence-corrected chi connectivity index (χ0v) is 30.2. The molecule has 6 rings (SSSR count). The van der Waals surface area contributed by atoms with Crippen molar-refractivity contribution in [2.24, 2.45) is 0 Å². The van der Waals surface area contributed by atoms with Crippen LogP contribution in [0.4, 0.5) is 0 Å². The molecule has 0 saturated carbocycles. The van der Waals surface area contributed by atoms with Crippen LogP contribution in [0.2, 0.25) is 0 Å². The topological polar surface area (TPSA) is 69.7 Å². The predicted octanol–water partition coefficient (Wildman–Crippen LogP) is 11.1. The Kier molecular flexibility index (Phi) is 10.7. The van der Waals surface area contributed by atoms with Crippen molar-refractivity contribution in [3.05, 3.63) is 115 Å². The van der Waals surface area contributed by atoms with Crippen LogP contribution in [0.3, 0.4) is 0 Å². The van der Waals surface area contributed by atoms with E-state index in [0.717, 1.165) is 52.3 Å². The zero-order valence-electron chi connectivity index (χ0n) is 25.5. The van der Waals surface area contributed by atoms with Crippen LogP contribution in [0.5, 0.6) is 0 Å². The number of benzene rings is 3. The van der Waals surface area contributed by atoms with Crippen LogP contribution in [0, 0.1) is 3.57 Å². The first-order valence-electron chi connectivity index (χ1n) is 14.6. The van der Waals surface area contributed by atoms with E-state index >= 15 is 0 Å². The van der Waals surface area contributed by atoms with Crippen LogP contribution in [-0.2, 0) is 25.2 Å². The normalized spacial score (nSPS) is 13.0. The van der Waals surface area contributed by atoms with Crippen LogP contribution in [0.25, 0.3) is 32.0 Å². The lowest BCUT2D eigenvalue weighted by molar-refractivity contribution is 0.111. The third kappa shape index (κ3) is 7.48. The Labute approximate surface area is 286 Å². The molecule has 0 radical (unpaired) electrons. The fourth-order valence-electron chi connectivity index (χ4n) is 5.52. The molecule has 232 valence electrons. The number of carbonyl (C=O) groups is 2. The summed E-state index contributed by atoms with van der Waals surface area (Å²) in [7, 11) is -2.96. The monoisotopic (exact) mass is 768 g/mol. The molecule has 0 saturated heterocycles. The number of halogens is 1. The molecule has 1 aliphatic carbocycles. The Morgan fingerprint density at radius 1 is 0.711 bits per heavy atom. The summed E-state index contributed by atoms with van der Waals surface area (Å²) in [5.74, 6) is 0. The second-order valence-corrected chi connectivity index (χ2v) is 16.5. The van der Waals surface area contributed by atoms with Gasteiger partial charge in [0.15, 0.2) is 12.6 Å². The van der Waals surface area contributed by atoms with Crippen molar-refractivity contribution >= 4 is 65.4 Å². The number of hydrogen-bond donors (Lipinski definition) is 0. The highest BCUT2D eigenvalue weighted by atomic mass is 127. The van der Waals surface area contributed by atoms with E-state index < -0.39 is 7.60 Å². The van der Waals surface area contributed by atoms with Crippen LogP contribution >= 0.6 is 52.9 Å². The molecule has 0 aliphatic heterocycles. The summed E-state index contributed by atoms with van der Waals surface area (Å²) in [6, 6.07) is 28.9. The summed E-state index contributed by atoms with van der Waals surface area (Å²) >= 11 is 5.28. The van der Waals surface area contributed by atoms with Crippen LogP contribution in [-0.4, -0.2) is 25.8 Å². The third-order valence-corrected chi connectivity index (χ3v) is 12.6. The molecule has 0 spiro atoms. The number of rotatable bonds is 10. The number of aldehydes is 2. The second-order valence-electron chi connectivity index (χ2n) is 11.0. The highest BCUT2D eigenvalue weighted by Gasteiger charge is 2.36. The predicted molar refractivity (Wildman–Crippen MR) is 195 cm³/mol. The molecule has 3 aromatic carbocycles. The first-order valence-corrected chi connectivity index (χ1v) is 19.1. The Morgan fingerprint density at radius 3 is 1.58 bits per heavy atom. The number of thiophene rings is 2. The summed E-state index contributed by atoms with van der Waals surface area (Å²) in [5, 5.41) is 0. The average Bonchev–Trinajstić information content (AvgIpc) is 3.76. The first-order chi connectivity index (χ1) is 21.6. The van der Waals surface area contributed by atoms with E-state index in [2.05, 4.69) is 72.8 Å². The van der Waals surface area contributed by atoms with Crippen molar-refractivity contribution < 1.29 is 23.2 Å². The first kappa shape index (κ1) is 33.6. The van der Waals surface area contributed by atoms with Gasteiger partial charge in [0, 0.05) is 18.7 Å². The SMILES string of the molecule is CC1(C)c2cc(-c3ccc(C=O)s3)ccc2-c2ccc(-c3ccc(C=O)s3)cc21.CCOP(=O)(Cc1ccc(I)cc1)OCC. The zero-order chi connectivity index (χ0) is 32.2. The van der Waals surface area contributed by atoms with Crippen molar-refractivity contribution in [3.63, 3.8) is 0 Å². The highest BCUT2D eigenvalue weighted by Crippen LogP contribution is 2.52. The van der Waals surface area contributed by atoms with E-state index in [1.54, 1.807) is 0 Å². The van der Waals surface area contributed by atoms with E-state index in [1.165, 1.54) is 44.9 Å². The minimum Gasteiger partial charge on any atom is -0.309 e. The van der Waals surface area contributed by atoms with Crippen molar-refractivity contribution in [2.45, 2.75) is 39.3 Å². The molecule has 9 heteroatoms. The number of carbonyl (C=O) groups excluding carboxylic acids is 2. The fourth-order valence-corrected chi connectivity index (χ4v) is 9.22. The lowest BCUT2D eigenvalue weighted by Gasteiger charge is -2.22. The largest absolute Gasteiger partial charge is 0.335 e. The maximum atomic E-state index is 12.2. The minimum absolute atomic E-state index is 0.119. The van der Waals surface area contributed by atoms with Crippen molar-refractivity contribution in [1.29, 1.82) is 0 Å². The van der Waals surface area contributed by atoms with Crippen molar-refractivity contribution in [2.75, 3.05) is 13.2 Å². The van der Waals surface area contributed by atoms with E-state index in [9.17, 15) is 14.2 Å². The lowest BCUT2D eigenvalue weighted by Crippen LogP contribution is -2.15. The van der Waals surface area contributed by atoms with Gasteiger partial charge in [-0.2, -0.15) is 0 Å². The third-order valence-electron chi connectivity index (χ3n) is 7.67. The molecule has 0 unspecified atom stereocenters. The van der Waals surface area contributed by atoms with E-state index in [0.29, 0.717) is 19.4 Å². The number of hydrogen-bond acceptors (Lipinski definition) is 7. The van der Waals surface area contributed by atoms with Crippen molar-refractivity contribution in [3.8, 4) is 32.0 Å². The number of fused-ring (bicyclic) bond motifs is 3. The summed E-state index contributed by atoms with van der Waals surface area (Å²) in [6.07, 6.45) is 2.15. The molecular weight excluding hydrogens is 734 g/mol. The minimum atomic E-state index is -2.96. The van der Waals surface area contributed by atoms with Gasteiger partial charge in [0.05, 0.1) is 29.1 Å². The molecule has 0 fully saturated rings. The maximum absolute atomic E-state index is 12.2. The fraction of sp³-hybridized carbons (Fsp3) is 0.222. The molecule has 0 atom stereocenters. The molecule has 45 heavy (non-hydrogen) atoms. The van der Waals surface area contributed by atoms with Gasteiger partial charge in [-0.3, -0.25) is 14.2 Å². The van der Waals surface area contributed by atoms with Gasteiger partial charge in [-0.05, 0) is 124 Å². The quantitative estimate of drug-likeness (QED) is 0.0804. The van der Waals surface area contributed by atoms with Gasteiger partial charge in [0.1, 0.15) is 0 Å². The standard InChI is InChI=1S/C25H18O2S2.C11H16IO3P/c1-25(2)21-11-15(23-9-5-17(13-26)28-23)3-7-19(21)20-8-4-16(12-22(20)25)24-10-6-18(14-27)29-24;1-3-14-16(13,15-4-2)9-10-5-7-11(12)8-6-10/h3-14H,1-2H3;5-8H,3-4,9H2,1-2H3. The van der Waals surface area contributed by atoms with Crippen LogP contribution in [0.15, 0.2) is 84.9 Å². The van der Waals surface area contributed by atoms with Gasteiger partial charge in [0.2, 0.25) is 0 Å². The molecule has 1 aliphatic rings. The second kappa shape index (κ2) is 14.4. The van der Waals surface area contributed by atoms with Crippen LogP contribution < -0.4 is 0 Å². The van der Waals surface area contributed by atoms with Crippen molar-refractivity contribution in [1.82, 2.24) is 0 Å². The van der Waals surface area contributed by atoms with E-state index in [4.69, 9.17) is 9.05 Å². The highest BCUT2D eigenvalue weighted by molar-refractivity contribution is 14.1. The summed E-state index contributed by atoms with van der Waals surface area (Å²) in [4.78, 5) is 25.8. The van der Waals surface area contributed by atoms with Gasteiger partial charge in [-0.15, -0.1) is 22.7 Å². The summed E-state index contributed by atoms with van der Waals surface area (Å²) < 4.78 is 23.8. The maximum Gasteiger partial charge on any atom is 0.335 e. The van der Waals surface area contributed by atoms with Gasteiger partial charge >= 0.3 is 7.60 Å². The lowest BCUT2D eigenvalue weighted by atomic mass is 9.81. The molecule has 2 heterocycles.